The SMILES string of the molecule is c1ccc(-c2cccc(-c3ccc(-c4cc5ccccc5c5ccccc45)c(-c4c5ccccc5c(-c5ccccc5)c5ccccc45)c3)c2)cc1. The smallest absolute Gasteiger partial charge is 0.00199 e. The van der Waals surface area contributed by atoms with Crippen molar-refractivity contribution in [1.29, 1.82) is 0 Å². The van der Waals surface area contributed by atoms with Crippen molar-refractivity contribution in [1.82, 2.24) is 0 Å². The predicted molar refractivity (Wildman–Crippen MR) is 224 cm³/mol. The molecule has 52 heavy (non-hydrogen) atoms. The third-order valence-corrected chi connectivity index (χ3v) is 10.6. The molecule has 0 fully saturated rings. The summed E-state index contributed by atoms with van der Waals surface area (Å²) in [5.41, 5.74) is 12.3. The van der Waals surface area contributed by atoms with Crippen LogP contribution < -0.4 is 0 Å². The van der Waals surface area contributed by atoms with E-state index in [0.717, 1.165) is 0 Å². The maximum Gasteiger partial charge on any atom is -0.00199 e. The van der Waals surface area contributed by atoms with Crippen molar-refractivity contribution in [2.75, 3.05) is 0 Å². The average molecular weight is 659 g/mol. The molecule has 0 aliphatic heterocycles. The van der Waals surface area contributed by atoms with E-state index >= 15 is 0 Å². The van der Waals surface area contributed by atoms with Gasteiger partial charge in [0.15, 0.2) is 0 Å². The van der Waals surface area contributed by atoms with Crippen molar-refractivity contribution in [2.45, 2.75) is 0 Å². The lowest BCUT2D eigenvalue weighted by Gasteiger charge is -2.21. The van der Waals surface area contributed by atoms with Crippen molar-refractivity contribution in [3.05, 3.63) is 206 Å². The highest BCUT2D eigenvalue weighted by Crippen LogP contribution is 2.48. The molecule has 10 aromatic carbocycles. The molecule has 0 aromatic heterocycles. The fourth-order valence-electron chi connectivity index (χ4n) is 8.29. The van der Waals surface area contributed by atoms with Crippen LogP contribution in [0.4, 0.5) is 0 Å². The third-order valence-electron chi connectivity index (χ3n) is 10.6. The Morgan fingerprint density at radius 1 is 0.192 bits per heavy atom. The minimum absolute atomic E-state index is 1.20. The first kappa shape index (κ1) is 30.1. The van der Waals surface area contributed by atoms with E-state index < -0.39 is 0 Å². The van der Waals surface area contributed by atoms with E-state index in [1.165, 1.54) is 98.7 Å². The van der Waals surface area contributed by atoms with Gasteiger partial charge < -0.3 is 0 Å². The van der Waals surface area contributed by atoms with Gasteiger partial charge in [-0.1, -0.05) is 188 Å². The van der Waals surface area contributed by atoms with Crippen LogP contribution in [0.3, 0.4) is 0 Å². The lowest BCUT2D eigenvalue weighted by atomic mass is 9.82. The van der Waals surface area contributed by atoms with Crippen molar-refractivity contribution in [2.24, 2.45) is 0 Å². The van der Waals surface area contributed by atoms with E-state index in [4.69, 9.17) is 0 Å². The zero-order valence-electron chi connectivity index (χ0n) is 28.6. The van der Waals surface area contributed by atoms with Crippen molar-refractivity contribution < 1.29 is 0 Å². The topological polar surface area (TPSA) is 0 Å². The van der Waals surface area contributed by atoms with E-state index in [1.54, 1.807) is 0 Å². The van der Waals surface area contributed by atoms with Crippen LogP contribution in [-0.2, 0) is 0 Å². The van der Waals surface area contributed by atoms with Crippen LogP contribution in [0.2, 0.25) is 0 Å². The molecule has 0 bridgehead atoms. The summed E-state index contributed by atoms with van der Waals surface area (Å²) in [6, 6.07) is 75.6. The van der Waals surface area contributed by atoms with Gasteiger partial charge in [0, 0.05) is 0 Å². The summed E-state index contributed by atoms with van der Waals surface area (Å²) in [5.74, 6) is 0. The molecule has 0 aliphatic carbocycles. The van der Waals surface area contributed by atoms with Crippen molar-refractivity contribution in [3.63, 3.8) is 0 Å². The molecule has 0 amide bonds. The highest BCUT2D eigenvalue weighted by molar-refractivity contribution is 6.23. The fraction of sp³-hybridized carbons (Fsp3) is 0. The van der Waals surface area contributed by atoms with Gasteiger partial charge in [-0.3, -0.25) is 0 Å². The van der Waals surface area contributed by atoms with Crippen LogP contribution in [0.15, 0.2) is 206 Å². The first-order valence-corrected chi connectivity index (χ1v) is 18.0. The maximum atomic E-state index is 2.44. The van der Waals surface area contributed by atoms with Gasteiger partial charge in [0.2, 0.25) is 0 Å². The molecule has 0 aliphatic rings. The van der Waals surface area contributed by atoms with Crippen LogP contribution >= 0.6 is 0 Å². The Labute approximate surface area is 303 Å². The van der Waals surface area contributed by atoms with Gasteiger partial charge in [0.25, 0.3) is 0 Å². The first-order chi connectivity index (χ1) is 25.8. The Morgan fingerprint density at radius 2 is 0.654 bits per heavy atom. The Morgan fingerprint density at radius 3 is 1.31 bits per heavy atom. The molecule has 242 valence electrons. The van der Waals surface area contributed by atoms with Gasteiger partial charge in [0.1, 0.15) is 0 Å². The maximum absolute atomic E-state index is 2.44. The molecule has 0 N–H and O–H groups in total. The van der Waals surface area contributed by atoms with Gasteiger partial charge in [-0.25, -0.2) is 0 Å². The fourth-order valence-corrected chi connectivity index (χ4v) is 8.29. The minimum Gasteiger partial charge on any atom is -0.0622 e. The molecule has 0 saturated carbocycles. The van der Waals surface area contributed by atoms with E-state index in [9.17, 15) is 0 Å². The third kappa shape index (κ3) is 5.00. The Balaban J connectivity index is 1.33. The largest absolute Gasteiger partial charge is 0.0622 e. The van der Waals surface area contributed by atoms with E-state index in [2.05, 4.69) is 206 Å². The summed E-state index contributed by atoms with van der Waals surface area (Å²) in [7, 11) is 0. The molecular formula is C52H34. The quantitative estimate of drug-likeness (QED) is 0.128. The minimum atomic E-state index is 1.20. The monoisotopic (exact) mass is 658 g/mol. The lowest BCUT2D eigenvalue weighted by Crippen LogP contribution is -1.94. The summed E-state index contributed by atoms with van der Waals surface area (Å²) in [6.45, 7) is 0. The van der Waals surface area contributed by atoms with Crippen LogP contribution in [0.5, 0.6) is 0 Å². The number of rotatable bonds is 5. The second-order valence-corrected chi connectivity index (χ2v) is 13.6. The molecule has 10 aromatic rings. The summed E-state index contributed by atoms with van der Waals surface area (Å²) in [6.07, 6.45) is 0. The van der Waals surface area contributed by atoms with Gasteiger partial charge in [-0.05, 0) is 117 Å². The van der Waals surface area contributed by atoms with E-state index in [-0.39, 0.29) is 0 Å². The summed E-state index contributed by atoms with van der Waals surface area (Å²) in [5, 5.41) is 10.1. The summed E-state index contributed by atoms with van der Waals surface area (Å²) in [4.78, 5) is 0. The standard InChI is InChI=1S/C52H34/c1-3-16-35(17-4-1)37-21-15-22-38(32-37)39-30-31-44(49-34-40-20-7-8-23-41(40)42-24-9-10-25-43(42)49)50(33-39)52-47-28-13-11-26-45(47)51(36-18-5-2-6-19-36)46-27-12-14-29-48(46)52/h1-34H. The average Bonchev–Trinajstić information content (AvgIpc) is 3.23. The summed E-state index contributed by atoms with van der Waals surface area (Å²) >= 11 is 0. The highest BCUT2D eigenvalue weighted by Gasteiger charge is 2.21. The van der Waals surface area contributed by atoms with Gasteiger partial charge in [-0.2, -0.15) is 0 Å². The Bertz CT molecular complexity index is 2880. The Kier molecular flexibility index (Phi) is 7.25. The van der Waals surface area contributed by atoms with Crippen molar-refractivity contribution >= 4 is 43.1 Å². The molecule has 0 spiro atoms. The molecule has 0 radical (unpaired) electrons. The number of hydrogen-bond acceptors (Lipinski definition) is 0. The number of hydrogen-bond donors (Lipinski definition) is 0. The number of fused-ring (bicyclic) bond motifs is 5. The molecular weight excluding hydrogens is 625 g/mol. The molecule has 0 heterocycles. The molecule has 0 atom stereocenters. The van der Waals surface area contributed by atoms with E-state index in [1.807, 2.05) is 0 Å². The summed E-state index contributed by atoms with van der Waals surface area (Å²) < 4.78 is 0. The van der Waals surface area contributed by atoms with Crippen LogP contribution in [-0.4, -0.2) is 0 Å². The van der Waals surface area contributed by atoms with Crippen LogP contribution in [0, 0.1) is 0 Å². The molecule has 0 unspecified atom stereocenters. The molecule has 0 heteroatoms. The van der Waals surface area contributed by atoms with Gasteiger partial charge in [0.05, 0.1) is 0 Å². The lowest BCUT2D eigenvalue weighted by molar-refractivity contribution is 1.58. The molecule has 10 rings (SSSR count). The van der Waals surface area contributed by atoms with Crippen LogP contribution in [0.25, 0.3) is 98.7 Å². The number of benzene rings is 10. The zero-order valence-corrected chi connectivity index (χ0v) is 28.6. The normalized spacial score (nSPS) is 11.5. The zero-order chi connectivity index (χ0) is 34.4. The molecule has 0 saturated heterocycles. The predicted octanol–water partition coefficient (Wildman–Crippen LogP) is 14.6. The first-order valence-electron chi connectivity index (χ1n) is 18.0. The van der Waals surface area contributed by atoms with Crippen LogP contribution in [0.1, 0.15) is 0 Å². The molecule has 0 nitrogen and oxygen atoms in total. The van der Waals surface area contributed by atoms with Gasteiger partial charge in [-0.15, -0.1) is 0 Å². The van der Waals surface area contributed by atoms with E-state index in [0.29, 0.717) is 0 Å². The van der Waals surface area contributed by atoms with Gasteiger partial charge >= 0.3 is 0 Å². The van der Waals surface area contributed by atoms with Crippen molar-refractivity contribution in [3.8, 4) is 55.6 Å². The highest BCUT2D eigenvalue weighted by atomic mass is 14.2. The Hall–Kier alpha value is -6.76. The second kappa shape index (κ2) is 12.5. The second-order valence-electron chi connectivity index (χ2n) is 13.6.